The summed E-state index contributed by atoms with van der Waals surface area (Å²) in [7, 11) is 0. The molecule has 2 saturated heterocycles. The summed E-state index contributed by atoms with van der Waals surface area (Å²) >= 11 is 0. The highest BCUT2D eigenvalue weighted by molar-refractivity contribution is 4.82. The Bertz CT molecular complexity index is 169. The second-order valence-electron chi connectivity index (χ2n) is 4.72. The van der Waals surface area contributed by atoms with E-state index in [2.05, 4.69) is 10.2 Å². The smallest absolute Gasteiger partial charge is 0.0434 e. The minimum absolute atomic E-state index is 0.361. The molecule has 0 aromatic carbocycles. The molecule has 0 saturated carbocycles. The highest BCUT2D eigenvalue weighted by Crippen LogP contribution is 2.20. The Kier molecular flexibility index (Phi) is 3.79. The van der Waals surface area contributed by atoms with E-state index >= 15 is 0 Å². The molecule has 0 aliphatic carbocycles. The Morgan fingerprint density at radius 2 is 2.29 bits per heavy atom. The average Bonchev–Trinajstić information content (AvgIpc) is 2.79. The van der Waals surface area contributed by atoms with Gasteiger partial charge in [-0.15, -0.1) is 0 Å². The predicted octanol–water partition coefficient (Wildman–Crippen LogP) is 0.443. The number of nitrogens with one attached hydrogen (secondary N) is 1. The summed E-state index contributed by atoms with van der Waals surface area (Å²) in [5.74, 6) is 0.751. The molecule has 2 N–H and O–H groups in total. The van der Waals surface area contributed by atoms with Crippen molar-refractivity contribution in [2.45, 2.75) is 31.7 Å². The van der Waals surface area contributed by atoms with Gasteiger partial charge in [-0.05, 0) is 44.7 Å². The third kappa shape index (κ3) is 2.69. The Balaban J connectivity index is 1.67. The fraction of sp³-hybridized carbons (Fsp3) is 1.00. The maximum absolute atomic E-state index is 8.87. The van der Waals surface area contributed by atoms with Crippen LogP contribution < -0.4 is 5.32 Å². The first-order chi connectivity index (χ1) is 6.88. The molecule has 0 radical (unpaired) electrons. The number of rotatable bonds is 4. The molecule has 82 valence electrons. The van der Waals surface area contributed by atoms with Crippen molar-refractivity contribution in [1.29, 1.82) is 0 Å². The van der Waals surface area contributed by atoms with Gasteiger partial charge in [-0.2, -0.15) is 0 Å². The average molecular weight is 198 g/mol. The van der Waals surface area contributed by atoms with Gasteiger partial charge in [0.25, 0.3) is 0 Å². The highest BCUT2D eigenvalue weighted by atomic mass is 16.3. The SMILES string of the molecule is OCCC1CCN(CC2CCCN2)C1. The second kappa shape index (κ2) is 5.10. The van der Waals surface area contributed by atoms with Crippen molar-refractivity contribution in [2.75, 3.05) is 32.8 Å². The van der Waals surface area contributed by atoms with E-state index in [1.165, 1.54) is 45.4 Å². The van der Waals surface area contributed by atoms with Gasteiger partial charge in [-0.25, -0.2) is 0 Å². The molecule has 0 aromatic heterocycles. The van der Waals surface area contributed by atoms with E-state index in [9.17, 15) is 0 Å². The number of nitrogens with zero attached hydrogens (tertiary/aromatic N) is 1. The van der Waals surface area contributed by atoms with E-state index in [4.69, 9.17) is 5.11 Å². The zero-order valence-electron chi connectivity index (χ0n) is 8.91. The molecule has 2 fully saturated rings. The molecule has 3 nitrogen and oxygen atoms in total. The van der Waals surface area contributed by atoms with E-state index in [1.54, 1.807) is 0 Å². The minimum Gasteiger partial charge on any atom is -0.396 e. The van der Waals surface area contributed by atoms with Gasteiger partial charge in [0.2, 0.25) is 0 Å². The van der Waals surface area contributed by atoms with E-state index in [1.807, 2.05) is 0 Å². The summed E-state index contributed by atoms with van der Waals surface area (Å²) < 4.78 is 0. The molecule has 0 bridgehead atoms. The number of aliphatic hydroxyl groups excluding tert-OH is 1. The molecule has 2 aliphatic rings. The molecule has 14 heavy (non-hydrogen) atoms. The van der Waals surface area contributed by atoms with E-state index in [-0.39, 0.29) is 0 Å². The fourth-order valence-corrected chi connectivity index (χ4v) is 2.72. The number of hydrogen-bond donors (Lipinski definition) is 2. The van der Waals surface area contributed by atoms with Gasteiger partial charge in [0.05, 0.1) is 0 Å². The molecule has 0 amide bonds. The summed E-state index contributed by atoms with van der Waals surface area (Å²) in [6, 6.07) is 0.739. The highest BCUT2D eigenvalue weighted by Gasteiger charge is 2.25. The van der Waals surface area contributed by atoms with Gasteiger partial charge >= 0.3 is 0 Å². The Morgan fingerprint density at radius 3 is 3.00 bits per heavy atom. The first-order valence-electron chi connectivity index (χ1n) is 5.95. The lowest BCUT2D eigenvalue weighted by Gasteiger charge is -2.20. The largest absolute Gasteiger partial charge is 0.396 e. The van der Waals surface area contributed by atoms with E-state index in [0.717, 1.165) is 18.4 Å². The van der Waals surface area contributed by atoms with Crippen molar-refractivity contribution < 1.29 is 5.11 Å². The van der Waals surface area contributed by atoms with Crippen LogP contribution in [0.15, 0.2) is 0 Å². The Morgan fingerprint density at radius 1 is 1.36 bits per heavy atom. The predicted molar refractivity (Wildman–Crippen MR) is 57.3 cm³/mol. The van der Waals surface area contributed by atoms with Crippen LogP contribution in [0.2, 0.25) is 0 Å². The third-order valence-corrected chi connectivity index (χ3v) is 3.55. The molecule has 2 aliphatic heterocycles. The van der Waals surface area contributed by atoms with Crippen LogP contribution in [0.25, 0.3) is 0 Å². The molecular formula is C11H22N2O. The lowest BCUT2D eigenvalue weighted by Crippen LogP contribution is -2.36. The lowest BCUT2D eigenvalue weighted by molar-refractivity contribution is 0.246. The van der Waals surface area contributed by atoms with Crippen LogP contribution in [0.4, 0.5) is 0 Å². The van der Waals surface area contributed by atoms with Crippen molar-refractivity contribution in [1.82, 2.24) is 10.2 Å². The van der Waals surface area contributed by atoms with Crippen LogP contribution in [0, 0.1) is 5.92 Å². The molecule has 3 heteroatoms. The van der Waals surface area contributed by atoms with E-state index < -0.39 is 0 Å². The third-order valence-electron chi connectivity index (χ3n) is 3.55. The first kappa shape index (κ1) is 10.4. The van der Waals surface area contributed by atoms with Gasteiger partial charge in [0.15, 0.2) is 0 Å². The van der Waals surface area contributed by atoms with Crippen LogP contribution >= 0.6 is 0 Å². The summed E-state index contributed by atoms with van der Waals surface area (Å²) in [4.78, 5) is 2.56. The van der Waals surface area contributed by atoms with Crippen molar-refractivity contribution in [2.24, 2.45) is 5.92 Å². The summed E-state index contributed by atoms with van der Waals surface area (Å²) in [5, 5.41) is 12.4. The molecule has 2 heterocycles. The van der Waals surface area contributed by atoms with Crippen LogP contribution in [-0.2, 0) is 0 Å². The van der Waals surface area contributed by atoms with Crippen molar-refractivity contribution in [3.63, 3.8) is 0 Å². The maximum Gasteiger partial charge on any atom is 0.0434 e. The van der Waals surface area contributed by atoms with Crippen LogP contribution in [0.1, 0.15) is 25.7 Å². The fourth-order valence-electron chi connectivity index (χ4n) is 2.72. The molecule has 2 rings (SSSR count). The van der Waals surface area contributed by atoms with Crippen LogP contribution in [0.3, 0.4) is 0 Å². The zero-order chi connectivity index (χ0) is 9.80. The lowest BCUT2D eigenvalue weighted by atomic mass is 10.1. The van der Waals surface area contributed by atoms with Crippen molar-refractivity contribution >= 4 is 0 Å². The molecule has 0 aromatic rings. The monoisotopic (exact) mass is 198 g/mol. The van der Waals surface area contributed by atoms with Crippen LogP contribution in [0.5, 0.6) is 0 Å². The Hall–Kier alpha value is -0.120. The maximum atomic E-state index is 8.87. The number of hydrogen-bond acceptors (Lipinski definition) is 3. The van der Waals surface area contributed by atoms with Gasteiger partial charge in [-0.3, -0.25) is 0 Å². The molecule has 2 unspecified atom stereocenters. The van der Waals surface area contributed by atoms with E-state index in [0.29, 0.717) is 6.61 Å². The molecular weight excluding hydrogens is 176 g/mol. The first-order valence-corrected chi connectivity index (χ1v) is 5.95. The van der Waals surface area contributed by atoms with Gasteiger partial charge < -0.3 is 15.3 Å². The topological polar surface area (TPSA) is 35.5 Å². The number of aliphatic hydroxyl groups is 1. The standard InChI is InChI=1S/C11H22N2O/c14-7-4-10-3-6-13(8-10)9-11-2-1-5-12-11/h10-12,14H,1-9H2. The van der Waals surface area contributed by atoms with Crippen molar-refractivity contribution in [3.8, 4) is 0 Å². The second-order valence-corrected chi connectivity index (χ2v) is 4.72. The Labute approximate surface area is 86.5 Å². The summed E-state index contributed by atoms with van der Waals surface area (Å²) in [6.45, 7) is 5.24. The summed E-state index contributed by atoms with van der Waals surface area (Å²) in [5.41, 5.74) is 0. The summed E-state index contributed by atoms with van der Waals surface area (Å²) in [6.07, 6.45) is 4.97. The zero-order valence-corrected chi connectivity index (χ0v) is 8.91. The van der Waals surface area contributed by atoms with Gasteiger partial charge in [-0.1, -0.05) is 0 Å². The minimum atomic E-state index is 0.361. The van der Waals surface area contributed by atoms with Crippen molar-refractivity contribution in [3.05, 3.63) is 0 Å². The van der Waals surface area contributed by atoms with Gasteiger partial charge in [0.1, 0.15) is 0 Å². The molecule has 0 spiro atoms. The van der Waals surface area contributed by atoms with Gasteiger partial charge in [0, 0.05) is 25.7 Å². The normalized spacial score (nSPS) is 34.1. The molecule has 2 atom stereocenters. The quantitative estimate of drug-likeness (QED) is 0.688. The number of likely N-dealkylation sites (tertiary alicyclic amines) is 1. The van der Waals surface area contributed by atoms with Crippen LogP contribution in [-0.4, -0.2) is 48.8 Å².